The highest BCUT2D eigenvalue weighted by Gasteiger charge is 2.09. The lowest BCUT2D eigenvalue weighted by Crippen LogP contribution is -2.01. The topological polar surface area (TPSA) is 55.1 Å². The molecule has 1 heterocycles. The minimum atomic E-state index is -0.757. The second-order valence-corrected chi connectivity index (χ2v) is 5.33. The maximum atomic E-state index is 10.6. The molecule has 0 spiro atoms. The molecule has 0 saturated carbocycles. The van der Waals surface area contributed by atoms with Crippen LogP contribution in [-0.4, -0.2) is 26.5 Å². The van der Waals surface area contributed by atoms with E-state index in [9.17, 15) is 4.79 Å². The monoisotopic (exact) mass is 294 g/mol. The van der Waals surface area contributed by atoms with Crippen LogP contribution in [0.4, 0.5) is 0 Å². The fourth-order valence-corrected chi connectivity index (χ4v) is 2.48. The lowest BCUT2D eigenvalue weighted by atomic mass is 10.1. The first-order valence-electron chi connectivity index (χ1n) is 6.84. The molecule has 2 rings (SSSR count). The molecule has 5 heteroatoms. The Bertz CT molecular complexity index is 607. The summed E-state index contributed by atoms with van der Waals surface area (Å²) >= 11 is 5.71. The van der Waals surface area contributed by atoms with Crippen molar-refractivity contribution < 1.29 is 9.90 Å². The average Bonchev–Trinajstić information content (AvgIpc) is 2.72. The van der Waals surface area contributed by atoms with Crippen LogP contribution in [0.15, 0.2) is 18.2 Å². The van der Waals surface area contributed by atoms with Crippen molar-refractivity contribution in [3.05, 3.63) is 29.6 Å². The van der Waals surface area contributed by atoms with E-state index in [-0.39, 0.29) is 6.42 Å². The van der Waals surface area contributed by atoms with Crippen LogP contribution >= 0.6 is 11.6 Å². The van der Waals surface area contributed by atoms with Crippen molar-refractivity contribution in [3.8, 4) is 0 Å². The van der Waals surface area contributed by atoms with E-state index in [0.717, 1.165) is 29.7 Å². The first kappa shape index (κ1) is 14.9. The molecule has 0 aliphatic rings. The maximum absolute atomic E-state index is 10.6. The van der Waals surface area contributed by atoms with Crippen molar-refractivity contribution in [2.75, 3.05) is 5.88 Å². The summed E-state index contributed by atoms with van der Waals surface area (Å²) in [6.45, 7) is 0. The first-order chi connectivity index (χ1) is 9.61. The Morgan fingerprint density at radius 2 is 2.15 bits per heavy atom. The normalized spacial score (nSPS) is 11.1. The number of fused-ring (bicyclic) bond motifs is 1. The summed E-state index contributed by atoms with van der Waals surface area (Å²) in [6.07, 6.45) is 3.42. The third-order valence-corrected chi connectivity index (χ3v) is 3.70. The van der Waals surface area contributed by atoms with Gasteiger partial charge in [0, 0.05) is 25.8 Å². The molecule has 0 aliphatic carbocycles. The van der Waals surface area contributed by atoms with E-state index < -0.39 is 5.97 Å². The maximum Gasteiger partial charge on any atom is 0.303 e. The zero-order chi connectivity index (χ0) is 14.5. The van der Waals surface area contributed by atoms with Crippen LogP contribution in [0, 0.1) is 0 Å². The molecule has 4 nitrogen and oxygen atoms in total. The summed E-state index contributed by atoms with van der Waals surface area (Å²) in [5.74, 6) is 0.851. The second kappa shape index (κ2) is 6.75. The molecule has 1 N–H and O–H groups in total. The molecule has 20 heavy (non-hydrogen) atoms. The largest absolute Gasteiger partial charge is 0.481 e. The molecular formula is C15H19ClN2O2. The van der Waals surface area contributed by atoms with Crippen molar-refractivity contribution in [2.45, 2.75) is 32.1 Å². The van der Waals surface area contributed by atoms with E-state index in [2.05, 4.69) is 23.2 Å². The first-order valence-corrected chi connectivity index (χ1v) is 7.37. The fourth-order valence-electron chi connectivity index (χ4n) is 2.34. The number of nitrogens with zero attached hydrogens (tertiary/aromatic N) is 2. The minimum Gasteiger partial charge on any atom is -0.481 e. The molecule has 1 aromatic carbocycles. The quantitative estimate of drug-likeness (QED) is 0.798. The molecule has 0 radical (unpaired) electrons. The summed E-state index contributed by atoms with van der Waals surface area (Å²) in [5, 5.41) is 8.68. The van der Waals surface area contributed by atoms with Gasteiger partial charge in [0.1, 0.15) is 5.82 Å². The van der Waals surface area contributed by atoms with Crippen molar-refractivity contribution in [3.63, 3.8) is 0 Å². The molecule has 108 valence electrons. The van der Waals surface area contributed by atoms with Gasteiger partial charge in [0.25, 0.3) is 0 Å². The Kier molecular flexibility index (Phi) is 5.01. The summed E-state index contributed by atoms with van der Waals surface area (Å²) < 4.78 is 2.04. The van der Waals surface area contributed by atoms with Gasteiger partial charge < -0.3 is 9.67 Å². The lowest BCUT2D eigenvalue weighted by molar-refractivity contribution is -0.137. The Labute approximate surface area is 123 Å². The molecular weight excluding hydrogens is 276 g/mol. The highest BCUT2D eigenvalue weighted by molar-refractivity contribution is 6.17. The van der Waals surface area contributed by atoms with E-state index in [0.29, 0.717) is 18.7 Å². The van der Waals surface area contributed by atoms with Crippen LogP contribution in [-0.2, 0) is 24.7 Å². The van der Waals surface area contributed by atoms with Gasteiger partial charge in [-0.1, -0.05) is 6.07 Å². The van der Waals surface area contributed by atoms with E-state index in [1.165, 1.54) is 5.56 Å². The molecule has 2 aromatic rings. The SMILES string of the molecule is Cn1c(CCCC(=O)O)nc2cc(CCCCl)ccc21. The Morgan fingerprint density at radius 3 is 2.85 bits per heavy atom. The van der Waals surface area contributed by atoms with Gasteiger partial charge in [-0.2, -0.15) is 0 Å². The lowest BCUT2D eigenvalue weighted by Gasteiger charge is -2.02. The van der Waals surface area contributed by atoms with Crippen LogP contribution in [0.25, 0.3) is 11.0 Å². The number of aliphatic carboxylic acids is 1. The molecule has 0 atom stereocenters. The van der Waals surface area contributed by atoms with Crippen molar-refractivity contribution in [2.24, 2.45) is 7.05 Å². The molecule has 0 unspecified atom stereocenters. The number of hydrogen-bond acceptors (Lipinski definition) is 2. The van der Waals surface area contributed by atoms with Gasteiger partial charge in [0.05, 0.1) is 11.0 Å². The highest BCUT2D eigenvalue weighted by atomic mass is 35.5. The van der Waals surface area contributed by atoms with Gasteiger partial charge in [0.15, 0.2) is 0 Å². The predicted octanol–water partition coefficient (Wildman–Crippen LogP) is 3.15. The van der Waals surface area contributed by atoms with Crippen LogP contribution in [0.1, 0.15) is 30.7 Å². The van der Waals surface area contributed by atoms with Crippen molar-refractivity contribution >= 4 is 28.6 Å². The molecule has 0 amide bonds. The number of benzene rings is 1. The van der Waals surface area contributed by atoms with Crippen LogP contribution in [0.5, 0.6) is 0 Å². The predicted molar refractivity (Wildman–Crippen MR) is 80.3 cm³/mol. The molecule has 1 aromatic heterocycles. The minimum absolute atomic E-state index is 0.185. The second-order valence-electron chi connectivity index (χ2n) is 4.95. The standard InChI is InChI=1S/C15H19ClN2O2/c1-18-13-8-7-11(4-3-9-16)10-12(13)17-14(18)5-2-6-15(19)20/h7-8,10H,2-6,9H2,1H3,(H,19,20). The van der Waals surface area contributed by atoms with Crippen molar-refractivity contribution in [1.29, 1.82) is 0 Å². The summed E-state index contributed by atoms with van der Waals surface area (Å²) in [6, 6.07) is 6.28. The highest BCUT2D eigenvalue weighted by Crippen LogP contribution is 2.19. The molecule has 0 bridgehead atoms. The van der Waals surface area contributed by atoms with Gasteiger partial charge >= 0.3 is 5.97 Å². The zero-order valence-electron chi connectivity index (χ0n) is 11.6. The number of aromatic nitrogens is 2. The number of carboxylic acid groups (broad SMARTS) is 1. The summed E-state index contributed by atoms with van der Waals surface area (Å²) in [4.78, 5) is 15.2. The number of carboxylic acids is 1. The van der Waals surface area contributed by atoms with E-state index in [4.69, 9.17) is 16.7 Å². The molecule has 0 aliphatic heterocycles. The average molecular weight is 295 g/mol. The Hall–Kier alpha value is -1.55. The zero-order valence-corrected chi connectivity index (χ0v) is 12.4. The van der Waals surface area contributed by atoms with E-state index in [1.807, 2.05) is 11.6 Å². The summed E-state index contributed by atoms with van der Waals surface area (Å²) in [5.41, 5.74) is 3.31. The van der Waals surface area contributed by atoms with Gasteiger partial charge in [-0.15, -0.1) is 11.6 Å². The Morgan fingerprint density at radius 1 is 1.35 bits per heavy atom. The van der Waals surface area contributed by atoms with Crippen LogP contribution in [0.3, 0.4) is 0 Å². The van der Waals surface area contributed by atoms with Gasteiger partial charge in [-0.05, 0) is 37.0 Å². The number of imidazole rings is 1. The summed E-state index contributed by atoms with van der Waals surface area (Å²) in [7, 11) is 1.98. The number of alkyl halides is 1. The number of hydrogen-bond donors (Lipinski definition) is 1. The van der Waals surface area contributed by atoms with E-state index in [1.54, 1.807) is 0 Å². The molecule has 0 saturated heterocycles. The number of rotatable bonds is 7. The third kappa shape index (κ3) is 3.51. The van der Waals surface area contributed by atoms with Crippen LogP contribution in [0.2, 0.25) is 0 Å². The third-order valence-electron chi connectivity index (χ3n) is 3.43. The fraction of sp³-hybridized carbons (Fsp3) is 0.467. The van der Waals surface area contributed by atoms with Gasteiger partial charge in [-0.25, -0.2) is 4.98 Å². The van der Waals surface area contributed by atoms with E-state index >= 15 is 0 Å². The Balaban J connectivity index is 2.16. The molecule has 0 fully saturated rings. The number of carbonyl (C=O) groups is 1. The number of halogens is 1. The van der Waals surface area contributed by atoms with Gasteiger partial charge in [-0.3, -0.25) is 4.79 Å². The van der Waals surface area contributed by atoms with Gasteiger partial charge in [0.2, 0.25) is 0 Å². The van der Waals surface area contributed by atoms with Crippen LogP contribution < -0.4 is 0 Å². The number of aryl methyl sites for hydroxylation is 3. The smallest absolute Gasteiger partial charge is 0.303 e. The van der Waals surface area contributed by atoms with Crippen molar-refractivity contribution in [1.82, 2.24) is 9.55 Å².